The smallest absolute Gasteiger partial charge is 0.133 e. The lowest BCUT2D eigenvalue weighted by Gasteiger charge is -2.26. The Morgan fingerprint density at radius 1 is 1.00 bits per heavy atom. The number of aryl methyl sites for hydroxylation is 1. The highest BCUT2D eigenvalue weighted by atomic mass is 15.3. The Bertz CT molecular complexity index is 695. The Kier molecular flexibility index (Phi) is 5.07. The molecule has 1 aromatic heterocycles. The van der Waals surface area contributed by atoms with Crippen LogP contribution in [0.25, 0.3) is 5.69 Å². The summed E-state index contributed by atoms with van der Waals surface area (Å²) in [4.78, 5) is 2.62. The summed E-state index contributed by atoms with van der Waals surface area (Å²) in [5.41, 5.74) is 5.21. The minimum atomic E-state index is 1.05. The van der Waals surface area contributed by atoms with Gasteiger partial charge in [-0.2, -0.15) is 5.10 Å². The number of hydrogen-bond donors (Lipinski definition) is 1. The van der Waals surface area contributed by atoms with Gasteiger partial charge < -0.3 is 10.2 Å². The lowest BCUT2D eigenvalue weighted by Crippen LogP contribution is -2.31. The van der Waals surface area contributed by atoms with Crippen LogP contribution in [0.1, 0.15) is 48.9 Å². The van der Waals surface area contributed by atoms with E-state index in [2.05, 4.69) is 46.1 Å². The van der Waals surface area contributed by atoms with E-state index in [9.17, 15) is 0 Å². The van der Waals surface area contributed by atoms with Crippen LogP contribution in [0.2, 0.25) is 0 Å². The average Bonchev–Trinajstić information content (AvgIpc) is 2.82. The Morgan fingerprint density at radius 3 is 2.60 bits per heavy atom. The fourth-order valence-electron chi connectivity index (χ4n) is 4.09. The van der Waals surface area contributed by atoms with Crippen LogP contribution < -0.4 is 5.32 Å². The number of piperidine rings is 1. The van der Waals surface area contributed by atoms with Gasteiger partial charge in [0.1, 0.15) is 5.82 Å². The van der Waals surface area contributed by atoms with Crippen LogP contribution in [-0.2, 0) is 12.8 Å². The molecule has 2 aliphatic heterocycles. The van der Waals surface area contributed by atoms with Crippen LogP contribution in [0.3, 0.4) is 0 Å². The molecule has 134 valence electrons. The third-order valence-corrected chi connectivity index (χ3v) is 5.60. The molecule has 1 saturated heterocycles. The van der Waals surface area contributed by atoms with Gasteiger partial charge in [0.2, 0.25) is 0 Å². The van der Waals surface area contributed by atoms with Gasteiger partial charge in [0.15, 0.2) is 0 Å². The summed E-state index contributed by atoms with van der Waals surface area (Å²) in [6.45, 7) is 6.86. The highest BCUT2D eigenvalue weighted by Crippen LogP contribution is 2.28. The molecule has 4 nitrogen and oxygen atoms in total. The van der Waals surface area contributed by atoms with Crippen molar-refractivity contribution in [1.82, 2.24) is 14.7 Å². The van der Waals surface area contributed by atoms with Crippen molar-refractivity contribution in [2.24, 2.45) is 0 Å². The Labute approximate surface area is 151 Å². The van der Waals surface area contributed by atoms with E-state index in [-0.39, 0.29) is 0 Å². The number of nitrogens with one attached hydrogen (secondary N) is 1. The minimum Gasteiger partial charge on any atom is -0.370 e. The number of fused-ring (bicyclic) bond motifs is 1. The maximum atomic E-state index is 5.05. The quantitative estimate of drug-likeness (QED) is 0.916. The predicted octanol–water partition coefficient (Wildman–Crippen LogP) is 3.96. The molecule has 0 atom stereocenters. The first-order chi connectivity index (χ1) is 12.3. The second kappa shape index (κ2) is 7.61. The standard InChI is InChI=1S/C21H30N4/c1-17-8-10-18(11-9-17)25-21-19(7-3-4-13-22-21)20(23-25)12-16-24-14-5-2-6-15-24/h8-11,22H,2-7,12-16H2,1H3. The second-order valence-electron chi connectivity index (χ2n) is 7.56. The van der Waals surface area contributed by atoms with Crippen molar-refractivity contribution < 1.29 is 0 Å². The molecule has 4 rings (SSSR count). The molecule has 1 N–H and O–H groups in total. The van der Waals surface area contributed by atoms with Crippen LogP contribution >= 0.6 is 0 Å². The van der Waals surface area contributed by atoms with Crippen molar-refractivity contribution in [3.8, 4) is 5.69 Å². The normalized spacial score (nSPS) is 18.4. The van der Waals surface area contributed by atoms with Gasteiger partial charge in [-0.3, -0.25) is 0 Å². The molecular formula is C21H30N4. The minimum absolute atomic E-state index is 1.05. The fraction of sp³-hybridized carbons (Fsp3) is 0.571. The molecule has 0 unspecified atom stereocenters. The molecule has 0 aliphatic carbocycles. The first-order valence-electron chi connectivity index (χ1n) is 9.95. The zero-order valence-corrected chi connectivity index (χ0v) is 15.4. The molecule has 4 heteroatoms. The maximum absolute atomic E-state index is 5.05. The first kappa shape index (κ1) is 16.6. The molecule has 2 aliphatic rings. The van der Waals surface area contributed by atoms with E-state index in [4.69, 9.17) is 5.10 Å². The first-order valence-corrected chi connectivity index (χ1v) is 9.95. The van der Waals surface area contributed by atoms with Crippen molar-refractivity contribution in [2.75, 3.05) is 31.5 Å². The average molecular weight is 338 g/mol. The van der Waals surface area contributed by atoms with Crippen LogP contribution in [0.15, 0.2) is 24.3 Å². The highest BCUT2D eigenvalue weighted by Gasteiger charge is 2.21. The van der Waals surface area contributed by atoms with Crippen LogP contribution in [-0.4, -0.2) is 40.9 Å². The Morgan fingerprint density at radius 2 is 1.80 bits per heavy atom. The summed E-state index contributed by atoms with van der Waals surface area (Å²) in [7, 11) is 0. The molecule has 0 bridgehead atoms. The molecule has 0 saturated carbocycles. The third kappa shape index (κ3) is 3.74. The maximum Gasteiger partial charge on any atom is 0.133 e. The zero-order valence-electron chi connectivity index (χ0n) is 15.4. The predicted molar refractivity (Wildman–Crippen MR) is 104 cm³/mol. The van der Waals surface area contributed by atoms with Gasteiger partial charge in [-0.15, -0.1) is 0 Å². The van der Waals surface area contributed by atoms with Crippen LogP contribution in [0.4, 0.5) is 5.82 Å². The number of likely N-dealkylation sites (tertiary alicyclic amines) is 1. The monoisotopic (exact) mass is 338 g/mol. The van der Waals surface area contributed by atoms with Crippen LogP contribution in [0.5, 0.6) is 0 Å². The second-order valence-corrected chi connectivity index (χ2v) is 7.56. The Balaban J connectivity index is 1.60. The summed E-state index contributed by atoms with van der Waals surface area (Å²) in [6.07, 6.45) is 8.85. The molecule has 3 heterocycles. The molecule has 0 radical (unpaired) electrons. The highest BCUT2D eigenvalue weighted by molar-refractivity contribution is 5.54. The Hall–Kier alpha value is -1.81. The largest absolute Gasteiger partial charge is 0.370 e. The van der Waals surface area contributed by atoms with E-state index >= 15 is 0 Å². The number of anilines is 1. The van der Waals surface area contributed by atoms with E-state index < -0.39 is 0 Å². The summed E-state index contributed by atoms with van der Waals surface area (Å²) < 4.78 is 2.14. The molecule has 2 aromatic rings. The van der Waals surface area contributed by atoms with E-state index in [0.717, 1.165) is 25.9 Å². The number of hydrogen-bond acceptors (Lipinski definition) is 3. The summed E-state index contributed by atoms with van der Waals surface area (Å²) in [5, 5.41) is 8.70. The molecule has 1 aromatic carbocycles. The van der Waals surface area contributed by atoms with Gasteiger partial charge in [-0.25, -0.2) is 4.68 Å². The molecule has 0 spiro atoms. The van der Waals surface area contributed by atoms with E-state index in [1.165, 1.54) is 73.5 Å². The SMILES string of the molecule is Cc1ccc(-n2nc(CCN3CCCCC3)c3c2NCCCC3)cc1. The van der Waals surface area contributed by atoms with Gasteiger partial charge in [-0.05, 0) is 64.3 Å². The summed E-state index contributed by atoms with van der Waals surface area (Å²) >= 11 is 0. The number of nitrogens with zero attached hydrogens (tertiary/aromatic N) is 3. The number of rotatable bonds is 4. The molecule has 0 amide bonds. The van der Waals surface area contributed by atoms with E-state index in [0.29, 0.717) is 0 Å². The zero-order chi connectivity index (χ0) is 17.1. The fourth-order valence-corrected chi connectivity index (χ4v) is 4.09. The lowest BCUT2D eigenvalue weighted by molar-refractivity contribution is 0.230. The molecule has 25 heavy (non-hydrogen) atoms. The molecule has 1 fully saturated rings. The molecular weight excluding hydrogens is 308 g/mol. The van der Waals surface area contributed by atoms with Crippen molar-refractivity contribution in [2.45, 2.75) is 51.9 Å². The van der Waals surface area contributed by atoms with Crippen LogP contribution in [0, 0.1) is 6.92 Å². The van der Waals surface area contributed by atoms with Gasteiger partial charge in [-0.1, -0.05) is 24.1 Å². The van der Waals surface area contributed by atoms with Gasteiger partial charge in [0, 0.05) is 25.1 Å². The third-order valence-electron chi connectivity index (χ3n) is 5.60. The van der Waals surface area contributed by atoms with E-state index in [1.807, 2.05) is 0 Å². The van der Waals surface area contributed by atoms with Crippen molar-refractivity contribution >= 4 is 5.82 Å². The summed E-state index contributed by atoms with van der Waals surface area (Å²) in [6, 6.07) is 8.72. The number of benzene rings is 1. The topological polar surface area (TPSA) is 33.1 Å². The van der Waals surface area contributed by atoms with E-state index in [1.54, 1.807) is 0 Å². The van der Waals surface area contributed by atoms with Gasteiger partial charge in [0.05, 0.1) is 11.4 Å². The van der Waals surface area contributed by atoms with Crippen molar-refractivity contribution in [3.05, 3.63) is 41.1 Å². The van der Waals surface area contributed by atoms with Gasteiger partial charge >= 0.3 is 0 Å². The van der Waals surface area contributed by atoms with Crippen molar-refractivity contribution in [3.63, 3.8) is 0 Å². The lowest BCUT2D eigenvalue weighted by atomic mass is 10.1. The summed E-state index contributed by atoms with van der Waals surface area (Å²) in [5.74, 6) is 1.23. The number of aromatic nitrogens is 2. The van der Waals surface area contributed by atoms with Crippen molar-refractivity contribution in [1.29, 1.82) is 0 Å². The van der Waals surface area contributed by atoms with Gasteiger partial charge in [0.25, 0.3) is 0 Å².